The van der Waals surface area contributed by atoms with Gasteiger partial charge in [0.15, 0.2) is 0 Å². The zero-order chi connectivity index (χ0) is 10.2. The molecule has 0 saturated carbocycles. The van der Waals surface area contributed by atoms with Crippen molar-refractivity contribution in [1.82, 2.24) is 5.32 Å². The lowest BCUT2D eigenvalue weighted by Gasteiger charge is -2.18. The molecule has 2 atom stereocenters. The van der Waals surface area contributed by atoms with Gasteiger partial charge in [0, 0.05) is 12.6 Å². The van der Waals surface area contributed by atoms with Crippen molar-refractivity contribution in [3.63, 3.8) is 0 Å². The third-order valence-electron chi connectivity index (χ3n) is 2.85. The predicted octanol–water partition coefficient (Wildman–Crippen LogP) is 2.09. The molecule has 1 aliphatic rings. The number of aliphatic hydroxyl groups is 1. The van der Waals surface area contributed by atoms with Gasteiger partial charge in [-0.1, -0.05) is 19.1 Å². The molecule has 1 aliphatic carbocycles. The lowest BCUT2D eigenvalue weighted by molar-refractivity contribution is 0.227. The van der Waals surface area contributed by atoms with Crippen LogP contribution in [0.4, 0.5) is 0 Å². The zero-order valence-electron chi connectivity index (χ0n) is 9.21. The standard InChI is InChI=1S/C12H23NO/c1-11(10-14)6-5-9-13-12-7-3-2-4-8-12/h3,7,11-14H,2,4-6,8-10H2,1H3. The van der Waals surface area contributed by atoms with Crippen molar-refractivity contribution >= 4 is 0 Å². The smallest absolute Gasteiger partial charge is 0.0456 e. The van der Waals surface area contributed by atoms with Crippen LogP contribution in [0.5, 0.6) is 0 Å². The van der Waals surface area contributed by atoms with Gasteiger partial charge in [0.1, 0.15) is 0 Å². The molecule has 2 nitrogen and oxygen atoms in total. The van der Waals surface area contributed by atoms with Gasteiger partial charge in [-0.2, -0.15) is 0 Å². The summed E-state index contributed by atoms with van der Waals surface area (Å²) in [5, 5.41) is 12.4. The average molecular weight is 197 g/mol. The van der Waals surface area contributed by atoms with Crippen molar-refractivity contribution in [2.24, 2.45) is 5.92 Å². The Labute approximate surface area is 87.4 Å². The number of hydrogen-bond acceptors (Lipinski definition) is 2. The molecule has 14 heavy (non-hydrogen) atoms. The highest BCUT2D eigenvalue weighted by atomic mass is 16.3. The molecule has 2 N–H and O–H groups in total. The largest absolute Gasteiger partial charge is 0.396 e. The molecule has 0 saturated heterocycles. The van der Waals surface area contributed by atoms with E-state index in [0.29, 0.717) is 18.6 Å². The maximum absolute atomic E-state index is 8.85. The number of rotatable bonds is 6. The summed E-state index contributed by atoms with van der Waals surface area (Å²) in [7, 11) is 0. The minimum Gasteiger partial charge on any atom is -0.396 e. The molecule has 1 rings (SSSR count). The van der Waals surface area contributed by atoms with Gasteiger partial charge in [-0.3, -0.25) is 0 Å². The first-order chi connectivity index (χ1) is 6.83. The lowest BCUT2D eigenvalue weighted by atomic mass is 10.0. The molecule has 0 fully saturated rings. The average Bonchev–Trinajstić information content (AvgIpc) is 2.25. The number of aliphatic hydroxyl groups excluding tert-OH is 1. The van der Waals surface area contributed by atoms with Crippen molar-refractivity contribution in [2.75, 3.05) is 13.2 Å². The van der Waals surface area contributed by atoms with E-state index in [1.807, 2.05) is 0 Å². The third-order valence-corrected chi connectivity index (χ3v) is 2.85. The second kappa shape index (κ2) is 7.02. The van der Waals surface area contributed by atoms with Crippen LogP contribution in [-0.4, -0.2) is 24.3 Å². The predicted molar refractivity (Wildman–Crippen MR) is 60.3 cm³/mol. The second-order valence-electron chi connectivity index (χ2n) is 4.35. The second-order valence-corrected chi connectivity index (χ2v) is 4.35. The first-order valence-corrected chi connectivity index (χ1v) is 5.84. The van der Waals surface area contributed by atoms with Crippen LogP contribution in [0.3, 0.4) is 0 Å². The van der Waals surface area contributed by atoms with E-state index in [9.17, 15) is 0 Å². The van der Waals surface area contributed by atoms with Crippen LogP contribution < -0.4 is 5.32 Å². The Kier molecular flexibility index (Phi) is 5.88. The maximum Gasteiger partial charge on any atom is 0.0456 e. The van der Waals surface area contributed by atoms with Crippen LogP contribution in [0.15, 0.2) is 12.2 Å². The van der Waals surface area contributed by atoms with E-state index in [2.05, 4.69) is 24.4 Å². The SMILES string of the molecule is CC(CO)CCCNC1C=CCCC1. The molecule has 0 spiro atoms. The Bertz CT molecular complexity index is 168. The van der Waals surface area contributed by atoms with E-state index >= 15 is 0 Å². The van der Waals surface area contributed by atoms with Gasteiger partial charge in [-0.05, 0) is 44.6 Å². The van der Waals surface area contributed by atoms with Gasteiger partial charge in [0.05, 0.1) is 0 Å². The number of hydrogen-bond donors (Lipinski definition) is 2. The van der Waals surface area contributed by atoms with Crippen LogP contribution >= 0.6 is 0 Å². The van der Waals surface area contributed by atoms with Gasteiger partial charge >= 0.3 is 0 Å². The Morgan fingerprint density at radius 1 is 1.57 bits per heavy atom. The Morgan fingerprint density at radius 2 is 2.43 bits per heavy atom. The monoisotopic (exact) mass is 197 g/mol. The molecule has 2 unspecified atom stereocenters. The van der Waals surface area contributed by atoms with Crippen LogP contribution in [-0.2, 0) is 0 Å². The van der Waals surface area contributed by atoms with Gasteiger partial charge < -0.3 is 10.4 Å². The molecular formula is C12H23NO. The molecule has 2 heteroatoms. The summed E-state index contributed by atoms with van der Waals surface area (Å²) in [5.74, 6) is 0.457. The van der Waals surface area contributed by atoms with E-state index in [0.717, 1.165) is 13.0 Å². The van der Waals surface area contributed by atoms with Crippen molar-refractivity contribution in [3.8, 4) is 0 Å². The van der Waals surface area contributed by atoms with E-state index in [1.165, 1.54) is 25.7 Å². The molecule has 0 aromatic carbocycles. The van der Waals surface area contributed by atoms with Gasteiger partial charge in [0.25, 0.3) is 0 Å². The minimum atomic E-state index is 0.323. The van der Waals surface area contributed by atoms with Crippen molar-refractivity contribution < 1.29 is 5.11 Å². The summed E-state index contributed by atoms with van der Waals surface area (Å²) >= 11 is 0. The molecule has 0 radical (unpaired) electrons. The van der Waals surface area contributed by atoms with Crippen LogP contribution in [0.1, 0.15) is 39.0 Å². The molecule has 0 bridgehead atoms. The minimum absolute atomic E-state index is 0.323. The van der Waals surface area contributed by atoms with Crippen molar-refractivity contribution in [2.45, 2.75) is 45.1 Å². The molecule has 0 aliphatic heterocycles. The lowest BCUT2D eigenvalue weighted by Crippen LogP contribution is -2.29. The van der Waals surface area contributed by atoms with E-state index < -0.39 is 0 Å². The first kappa shape index (κ1) is 11.7. The van der Waals surface area contributed by atoms with Gasteiger partial charge in [-0.15, -0.1) is 0 Å². The Hall–Kier alpha value is -0.340. The van der Waals surface area contributed by atoms with E-state index in [-0.39, 0.29) is 0 Å². The molecular weight excluding hydrogens is 174 g/mol. The zero-order valence-corrected chi connectivity index (χ0v) is 9.21. The normalized spacial score (nSPS) is 23.7. The summed E-state index contributed by atoms with van der Waals surface area (Å²) in [6.45, 7) is 3.50. The molecule has 82 valence electrons. The fourth-order valence-corrected chi connectivity index (χ4v) is 1.81. The van der Waals surface area contributed by atoms with Crippen molar-refractivity contribution in [1.29, 1.82) is 0 Å². The maximum atomic E-state index is 8.85. The van der Waals surface area contributed by atoms with Crippen LogP contribution in [0, 0.1) is 5.92 Å². The number of nitrogens with one attached hydrogen (secondary N) is 1. The van der Waals surface area contributed by atoms with E-state index in [1.54, 1.807) is 0 Å². The Morgan fingerprint density at radius 3 is 3.07 bits per heavy atom. The third kappa shape index (κ3) is 4.77. The highest BCUT2D eigenvalue weighted by molar-refractivity contribution is 4.97. The number of allylic oxidation sites excluding steroid dienone is 1. The summed E-state index contributed by atoms with van der Waals surface area (Å²) < 4.78 is 0. The molecule has 0 aromatic heterocycles. The Balaban J connectivity index is 1.98. The molecule has 0 aromatic rings. The summed E-state index contributed by atoms with van der Waals surface area (Å²) in [6, 6.07) is 0.605. The molecule has 0 amide bonds. The summed E-state index contributed by atoms with van der Waals surface area (Å²) in [6.07, 6.45) is 10.7. The quantitative estimate of drug-likeness (QED) is 0.505. The fraction of sp³-hybridized carbons (Fsp3) is 0.833. The topological polar surface area (TPSA) is 32.3 Å². The van der Waals surface area contributed by atoms with Crippen LogP contribution in [0.2, 0.25) is 0 Å². The summed E-state index contributed by atoms with van der Waals surface area (Å²) in [4.78, 5) is 0. The van der Waals surface area contributed by atoms with Crippen LogP contribution in [0.25, 0.3) is 0 Å². The molecule has 0 heterocycles. The summed E-state index contributed by atoms with van der Waals surface area (Å²) in [5.41, 5.74) is 0. The highest BCUT2D eigenvalue weighted by Gasteiger charge is 2.06. The highest BCUT2D eigenvalue weighted by Crippen LogP contribution is 2.10. The fourth-order valence-electron chi connectivity index (χ4n) is 1.81. The van der Waals surface area contributed by atoms with E-state index in [4.69, 9.17) is 5.11 Å². The van der Waals surface area contributed by atoms with Gasteiger partial charge in [0.2, 0.25) is 0 Å². The van der Waals surface area contributed by atoms with Gasteiger partial charge in [-0.25, -0.2) is 0 Å². The van der Waals surface area contributed by atoms with Crippen molar-refractivity contribution in [3.05, 3.63) is 12.2 Å². The first-order valence-electron chi connectivity index (χ1n) is 5.84.